The number of aliphatic hydroxyl groups excluding tert-OH is 1. The maximum atomic E-state index is 12.2. The van der Waals surface area contributed by atoms with Gasteiger partial charge in [0.05, 0.1) is 11.4 Å². The second kappa shape index (κ2) is 6.43. The minimum absolute atomic E-state index is 0.0281. The first-order valence-electron chi connectivity index (χ1n) is 6.40. The molecule has 0 aromatic heterocycles. The van der Waals surface area contributed by atoms with Crippen LogP contribution in [-0.2, 0) is 10.0 Å². The normalized spacial score (nSPS) is 15.1. The van der Waals surface area contributed by atoms with E-state index in [0.29, 0.717) is 5.69 Å². The van der Waals surface area contributed by atoms with Gasteiger partial charge in [-0.2, -0.15) is 0 Å². The second-order valence-electron chi connectivity index (χ2n) is 5.10. The molecule has 0 saturated carbocycles. The fourth-order valence-electron chi connectivity index (χ4n) is 1.64. The third kappa shape index (κ3) is 3.41. The van der Waals surface area contributed by atoms with E-state index in [9.17, 15) is 8.42 Å². The Hall–Kier alpha value is -1.31. The molecule has 4 N–H and O–H groups in total. The SMILES string of the molecule is CC(CO)C(C)Nc1cccc(S(=O)(=O)N(C)C)c1N. The molecular weight excluding hydrogens is 278 g/mol. The van der Waals surface area contributed by atoms with Gasteiger partial charge in [-0.15, -0.1) is 0 Å². The topological polar surface area (TPSA) is 95.7 Å². The van der Waals surface area contributed by atoms with Gasteiger partial charge in [-0.05, 0) is 25.0 Å². The molecular formula is C13H23N3O3S. The lowest BCUT2D eigenvalue weighted by Crippen LogP contribution is -2.27. The summed E-state index contributed by atoms with van der Waals surface area (Å²) in [6, 6.07) is 4.83. The molecule has 0 heterocycles. The summed E-state index contributed by atoms with van der Waals surface area (Å²) in [5, 5.41) is 12.3. The van der Waals surface area contributed by atoms with Crippen LogP contribution in [0.4, 0.5) is 11.4 Å². The Bertz CT molecular complexity index is 558. The number of nitrogens with one attached hydrogen (secondary N) is 1. The van der Waals surface area contributed by atoms with Gasteiger partial charge in [0.25, 0.3) is 0 Å². The molecule has 0 amide bonds. The van der Waals surface area contributed by atoms with E-state index in [0.717, 1.165) is 4.31 Å². The molecule has 1 aromatic rings. The quantitative estimate of drug-likeness (QED) is 0.680. The van der Waals surface area contributed by atoms with Gasteiger partial charge in [-0.3, -0.25) is 0 Å². The molecule has 2 atom stereocenters. The van der Waals surface area contributed by atoms with Crippen LogP contribution in [0.3, 0.4) is 0 Å². The maximum absolute atomic E-state index is 12.2. The summed E-state index contributed by atoms with van der Waals surface area (Å²) in [5.74, 6) is 0.0310. The number of hydrogen-bond donors (Lipinski definition) is 3. The van der Waals surface area contributed by atoms with Crippen molar-refractivity contribution >= 4 is 21.4 Å². The van der Waals surface area contributed by atoms with Crippen LogP contribution in [0.15, 0.2) is 23.1 Å². The molecule has 20 heavy (non-hydrogen) atoms. The zero-order chi connectivity index (χ0) is 15.5. The van der Waals surface area contributed by atoms with Crippen molar-refractivity contribution in [1.82, 2.24) is 4.31 Å². The van der Waals surface area contributed by atoms with Gasteiger partial charge in [0.1, 0.15) is 4.90 Å². The highest BCUT2D eigenvalue weighted by Gasteiger charge is 2.22. The zero-order valence-corrected chi connectivity index (χ0v) is 13.1. The van der Waals surface area contributed by atoms with Gasteiger partial charge in [-0.1, -0.05) is 13.0 Å². The third-order valence-electron chi connectivity index (χ3n) is 3.35. The Labute approximate surface area is 120 Å². The predicted octanol–water partition coefficient (Wildman–Crippen LogP) is 0.948. The highest BCUT2D eigenvalue weighted by Crippen LogP contribution is 2.29. The van der Waals surface area contributed by atoms with E-state index >= 15 is 0 Å². The van der Waals surface area contributed by atoms with E-state index in [1.54, 1.807) is 12.1 Å². The van der Waals surface area contributed by atoms with Crippen LogP contribution in [0.1, 0.15) is 13.8 Å². The van der Waals surface area contributed by atoms with Crippen molar-refractivity contribution in [2.45, 2.75) is 24.8 Å². The Morgan fingerprint density at radius 1 is 1.35 bits per heavy atom. The highest BCUT2D eigenvalue weighted by molar-refractivity contribution is 7.89. The number of benzene rings is 1. The first kappa shape index (κ1) is 16.7. The number of hydrogen-bond acceptors (Lipinski definition) is 5. The zero-order valence-electron chi connectivity index (χ0n) is 12.3. The summed E-state index contributed by atoms with van der Waals surface area (Å²) in [6.07, 6.45) is 0. The number of nitrogen functional groups attached to an aromatic ring is 1. The average Bonchev–Trinajstić information content (AvgIpc) is 2.39. The molecule has 0 aliphatic heterocycles. The van der Waals surface area contributed by atoms with Gasteiger partial charge in [0, 0.05) is 26.7 Å². The lowest BCUT2D eigenvalue weighted by molar-refractivity contribution is 0.226. The van der Waals surface area contributed by atoms with Gasteiger partial charge >= 0.3 is 0 Å². The van der Waals surface area contributed by atoms with E-state index in [2.05, 4.69) is 5.32 Å². The number of nitrogens with two attached hydrogens (primary N) is 1. The summed E-state index contributed by atoms with van der Waals surface area (Å²) in [7, 11) is -0.645. The molecule has 0 saturated heterocycles. The van der Waals surface area contributed by atoms with Crippen molar-refractivity contribution in [3.8, 4) is 0 Å². The summed E-state index contributed by atoms with van der Waals surface area (Å²) < 4.78 is 25.4. The predicted molar refractivity (Wildman–Crippen MR) is 81.1 cm³/mol. The molecule has 1 aromatic carbocycles. The molecule has 0 radical (unpaired) electrons. The van der Waals surface area contributed by atoms with E-state index in [4.69, 9.17) is 10.8 Å². The smallest absolute Gasteiger partial charge is 0.244 e. The lowest BCUT2D eigenvalue weighted by atomic mass is 10.0. The van der Waals surface area contributed by atoms with Crippen LogP contribution < -0.4 is 11.1 Å². The lowest BCUT2D eigenvalue weighted by Gasteiger charge is -2.23. The fraction of sp³-hybridized carbons (Fsp3) is 0.538. The summed E-state index contributed by atoms with van der Waals surface area (Å²) >= 11 is 0. The van der Waals surface area contributed by atoms with Crippen LogP contribution in [0.2, 0.25) is 0 Å². The van der Waals surface area contributed by atoms with Crippen molar-refractivity contribution in [1.29, 1.82) is 0 Å². The fourth-order valence-corrected chi connectivity index (χ4v) is 2.67. The van der Waals surface area contributed by atoms with Crippen LogP contribution in [0, 0.1) is 5.92 Å². The van der Waals surface area contributed by atoms with Gasteiger partial charge in [-0.25, -0.2) is 12.7 Å². The molecule has 6 nitrogen and oxygen atoms in total. The van der Waals surface area contributed by atoms with Crippen molar-refractivity contribution in [3.63, 3.8) is 0 Å². The van der Waals surface area contributed by atoms with Gasteiger partial charge in [0.2, 0.25) is 10.0 Å². The molecule has 0 fully saturated rings. The van der Waals surface area contributed by atoms with E-state index < -0.39 is 10.0 Å². The minimum Gasteiger partial charge on any atom is -0.396 e. The Balaban J connectivity index is 3.15. The van der Waals surface area contributed by atoms with E-state index in [-0.39, 0.29) is 29.1 Å². The molecule has 114 valence electrons. The largest absolute Gasteiger partial charge is 0.396 e. The van der Waals surface area contributed by atoms with Crippen molar-refractivity contribution in [3.05, 3.63) is 18.2 Å². The molecule has 0 aliphatic rings. The molecule has 0 bridgehead atoms. The van der Waals surface area contributed by atoms with E-state index in [1.165, 1.54) is 20.2 Å². The number of anilines is 2. The maximum Gasteiger partial charge on any atom is 0.244 e. The number of sulfonamides is 1. The summed E-state index contributed by atoms with van der Waals surface area (Å²) in [5.41, 5.74) is 6.72. The minimum atomic E-state index is -3.57. The van der Waals surface area contributed by atoms with Crippen molar-refractivity contribution in [2.24, 2.45) is 5.92 Å². The Morgan fingerprint density at radius 2 is 1.95 bits per heavy atom. The molecule has 2 unspecified atom stereocenters. The van der Waals surface area contributed by atoms with Crippen LogP contribution in [-0.4, -0.2) is 44.6 Å². The van der Waals surface area contributed by atoms with Gasteiger partial charge in [0.15, 0.2) is 0 Å². The molecule has 1 rings (SSSR count). The van der Waals surface area contributed by atoms with Crippen molar-refractivity contribution < 1.29 is 13.5 Å². The Morgan fingerprint density at radius 3 is 2.45 bits per heavy atom. The second-order valence-corrected chi connectivity index (χ2v) is 7.22. The number of aliphatic hydroxyl groups is 1. The van der Waals surface area contributed by atoms with Crippen LogP contribution in [0.5, 0.6) is 0 Å². The van der Waals surface area contributed by atoms with Gasteiger partial charge < -0.3 is 16.2 Å². The van der Waals surface area contributed by atoms with Crippen molar-refractivity contribution in [2.75, 3.05) is 31.8 Å². The number of para-hydroxylation sites is 1. The summed E-state index contributed by atoms with van der Waals surface area (Å²) in [4.78, 5) is 0.0800. The van der Waals surface area contributed by atoms with Crippen LogP contribution >= 0.6 is 0 Å². The number of rotatable bonds is 6. The monoisotopic (exact) mass is 301 g/mol. The molecule has 7 heteroatoms. The molecule has 0 aliphatic carbocycles. The standard InChI is InChI=1S/C13H23N3O3S/c1-9(8-17)10(2)15-11-6-5-7-12(13(11)14)20(18,19)16(3)4/h5-7,9-10,15,17H,8,14H2,1-4H3. The van der Waals surface area contributed by atoms with Crippen LogP contribution in [0.25, 0.3) is 0 Å². The third-order valence-corrected chi connectivity index (χ3v) is 5.22. The highest BCUT2D eigenvalue weighted by atomic mass is 32.2. The molecule has 0 spiro atoms. The first-order chi connectivity index (χ1) is 9.21. The number of nitrogens with zero attached hydrogens (tertiary/aromatic N) is 1. The average molecular weight is 301 g/mol. The summed E-state index contributed by atoms with van der Waals surface area (Å²) in [6.45, 7) is 3.85. The first-order valence-corrected chi connectivity index (χ1v) is 7.84. The van der Waals surface area contributed by atoms with E-state index in [1.807, 2.05) is 13.8 Å². The Kier molecular flexibility index (Phi) is 5.38.